The second-order valence-corrected chi connectivity index (χ2v) is 8.79. The van der Waals surface area contributed by atoms with Crippen molar-refractivity contribution in [3.8, 4) is 0 Å². The number of fused-ring (bicyclic) bond motifs is 1. The van der Waals surface area contributed by atoms with Gasteiger partial charge < -0.3 is 24.5 Å². The van der Waals surface area contributed by atoms with Crippen LogP contribution in [0.4, 0.5) is 14.0 Å². The lowest BCUT2D eigenvalue weighted by atomic mass is 9.88. The van der Waals surface area contributed by atoms with Crippen LogP contribution in [0.2, 0.25) is 0 Å². The van der Waals surface area contributed by atoms with Gasteiger partial charge in [-0.25, -0.2) is 14.0 Å². The molecule has 0 saturated carbocycles. The molecule has 0 unspecified atom stereocenters. The molecule has 1 spiro atoms. The van der Waals surface area contributed by atoms with Crippen molar-refractivity contribution in [2.45, 2.75) is 24.5 Å². The van der Waals surface area contributed by atoms with Gasteiger partial charge in [0.15, 0.2) is 0 Å². The first-order valence-corrected chi connectivity index (χ1v) is 11.0. The molecule has 2 fully saturated rings. The van der Waals surface area contributed by atoms with Gasteiger partial charge in [0.05, 0.1) is 25.7 Å². The van der Waals surface area contributed by atoms with Crippen molar-refractivity contribution in [3.63, 3.8) is 0 Å². The van der Waals surface area contributed by atoms with Crippen molar-refractivity contribution in [3.05, 3.63) is 71.0 Å². The number of halogens is 1. The molecule has 32 heavy (non-hydrogen) atoms. The van der Waals surface area contributed by atoms with Crippen LogP contribution in [-0.2, 0) is 11.2 Å². The van der Waals surface area contributed by atoms with Crippen LogP contribution >= 0.6 is 0 Å². The third kappa shape index (κ3) is 3.68. The molecule has 2 aromatic rings. The molecule has 3 heterocycles. The number of carbonyl (C=O) groups is 2. The van der Waals surface area contributed by atoms with Crippen molar-refractivity contribution < 1.29 is 23.8 Å². The van der Waals surface area contributed by atoms with Crippen molar-refractivity contribution in [2.75, 3.05) is 39.3 Å². The predicted octanol–water partition coefficient (Wildman–Crippen LogP) is 3.35. The molecule has 7 nitrogen and oxygen atoms in total. The molecular formula is C24H26FN3O4. The van der Waals surface area contributed by atoms with Gasteiger partial charge in [-0.1, -0.05) is 36.4 Å². The Morgan fingerprint density at radius 3 is 2.53 bits per heavy atom. The first-order valence-electron chi connectivity index (χ1n) is 11.0. The van der Waals surface area contributed by atoms with E-state index in [1.54, 1.807) is 17.0 Å². The molecule has 1 N–H and O–H groups in total. The summed E-state index contributed by atoms with van der Waals surface area (Å²) in [6.07, 6.45) is 0.400. The predicted molar refractivity (Wildman–Crippen MR) is 115 cm³/mol. The fourth-order valence-corrected chi connectivity index (χ4v) is 5.22. The maximum atomic E-state index is 13.7. The summed E-state index contributed by atoms with van der Waals surface area (Å²) in [4.78, 5) is 30.1. The summed E-state index contributed by atoms with van der Waals surface area (Å²) in [7, 11) is 0. The fraction of sp³-hybridized carbons (Fsp3) is 0.417. The Morgan fingerprint density at radius 2 is 1.75 bits per heavy atom. The van der Waals surface area contributed by atoms with Gasteiger partial charge in [0, 0.05) is 19.6 Å². The van der Waals surface area contributed by atoms with Crippen LogP contribution in [0.5, 0.6) is 0 Å². The standard InChI is InChI=1S/C24H26FN3O4/c25-19-7-5-18(6-8-19)21-20-4-2-1-3-17(20)9-11-28(21)22(29)26-12-10-24(15-26)16-27(23(30)31)13-14-32-24/h1-8,21H,9-16H2,(H,30,31)/t21-,24-/m0/s1. The molecule has 5 rings (SSSR count). The van der Waals surface area contributed by atoms with Crippen LogP contribution in [0.25, 0.3) is 0 Å². The van der Waals surface area contributed by atoms with Gasteiger partial charge in [0.1, 0.15) is 11.4 Å². The van der Waals surface area contributed by atoms with Gasteiger partial charge in [0.2, 0.25) is 0 Å². The number of urea groups is 1. The Morgan fingerprint density at radius 1 is 1.00 bits per heavy atom. The third-order valence-corrected chi connectivity index (χ3v) is 6.82. The lowest BCUT2D eigenvalue weighted by Gasteiger charge is -2.41. The number of likely N-dealkylation sites (tertiary alicyclic amines) is 1. The molecule has 168 valence electrons. The average Bonchev–Trinajstić information content (AvgIpc) is 3.21. The highest BCUT2D eigenvalue weighted by Gasteiger charge is 2.47. The Kier molecular flexibility index (Phi) is 5.25. The van der Waals surface area contributed by atoms with Crippen LogP contribution in [0.3, 0.4) is 0 Å². The zero-order chi connectivity index (χ0) is 22.3. The molecule has 2 atom stereocenters. The van der Waals surface area contributed by atoms with Crippen LogP contribution in [-0.4, -0.2) is 76.9 Å². The number of hydrogen-bond donors (Lipinski definition) is 1. The monoisotopic (exact) mass is 439 g/mol. The molecular weight excluding hydrogens is 413 g/mol. The summed E-state index contributed by atoms with van der Waals surface area (Å²) in [5.41, 5.74) is 2.47. The number of benzene rings is 2. The Hall–Kier alpha value is -3.13. The maximum absolute atomic E-state index is 13.7. The second-order valence-electron chi connectivity index (χ2n) is 8.79. The van der Waals surface area contributed by atoms with E-state index < -0.39 is 11.7 Å². The van der Waals surface area contributed by atoms with E-state index in [2.05, 4.69) is 6.07 Å². The smallest absolute Gasteiger partial charge is 0.407 e. The number of morpholine rings is 1. The quantitative estimate of drug-likeness (QED) is 0.740. The highest BCUT2D eigenvalue weighted by atomic mass is 19.1. The van der Waals surface area contributed by atoms with Crippen LogP contribution < -0.4 is 0 Å². The Balaban J connectivity index is 1.41. The highest BCUT2D eigenvalue weighted by Crippen LogP contribution is 2.37. The number of carbonyl (C=O) groups excluding carboxylic acids is 1. The number of ether oxygens (including phenoxy) is 1. The number of carboxylic acid groups (broad SMARTS) is 1. The molecule has 0 radical (unpaired) electrons. The molecule has 2 aromatic carbocycles. The number of nitrogens with zero attached hydrogens (tertiary/aromatic N) is 3. The Labute approximate surface area is 186 Å². The van der Waals surface area contributed by atoms with Gasteiger partial charge in [-0.15, -0.1) is 0 Å². The molecule has 2 saturated heterocycles. The van der Waals surface area contributed by atoms with E-state index in [1.807, 2.05) is 23.1 Å². The number of rotatable bonds is 1. The minimum atomic E-state index is -0.957. The van der Waals surface area contributed by atoms with Crippen molar-refractivity contribution in [1.82, 2.24) is 14.7 Å². The minimum Gasteiger partial charge on any atom is -0.465 e. The normalized spacial score (nSPS) is 25.2. The molecule has 8 heteroatoms. The lowest BCUT2D eigenvalue weighted by molar-refractivity contribution is -0.0925. The molecule has 0 bridgehead atoms. The van der Waals surface area contributed by atoms with E-state index in [-0.39, 0.29) is 24.4 Å². The SMILES string of the molecule is O=C(O)N1CCO[C@]2(CCN(C(=O)N3CCc4ccccc4[C@@H]3c3ccc(F)cc3)C2)C1. The summed E-state index contributed by atoms with van der Waals surface area (Å²) in [5.74, 6) is -0.311. The van der Waals surface area contributed by atoms with E-state index in [1.165, 1.54) is 22.6 Å². The molecule has 3 amide bonds. The van der Waals surface area contributed by atoms with E-state index in [0.717, 1.165) is 17.5 Å². The summed E-state index contributed by atoms with van der Waals surface area (Å²) >= 11 is 0. The van der Waals surface area contributed by atoms with Gasteiger partial charge in [-0.3, -0.25) is 0 Å². The van der Waals surface area contributed by atoms with Gasteiger partial charge in [0.25, 0.3) is 0 Å². The highest BCUT2D eigenvalue weighted by molar-refractivity contribution is 5.77. The number of hydrogen-bond acceptors (Lipinski definition) is 3. The third-order valence-electron chi connectivity index (χ3n) is 6.82. The first-order chi connectivity index (χ1) is 15.5. The Bertz CT molecular complexity index is 1030. The largest absolute Gasteiger partial charge is 0.465 e. The number of amides is 3. The summed E-state index contributed by atoms with van der Waals surface area (Å²) < 4.78 is 19.6. The van der Waals surface area contributed by atoms with Crippen LogP contribution in [0, 0.1) is 5.82 Å². The van der Waals surface area contributed by atoms with Gasteiger partial charge in [-0.05, 0) is 41.7 Å². The van der Waals surface area contributed by atoms with Crippen molar-refractivity contribution in [2.24, 2.45) is 0 Å². The second kappa shape index (κ2) is 8.09. The summed E-state index contributed by atoms with van der Waals surface area (Å²) in [6, 6.07) is 14.0. The van der Waals surface area contributed by atoms with E-state index in [0.29, 0.717) is 39.2 Å². The van der Waals surface area contributed by atoms with Crippen LogP contribution in [0.1, 0.15) is 29.2 Å². The van der Waals surface area contributed by atoms with E-state index in [9.17, 15) is 19.1 Å². The average molecular weight is 439 g/mol. The molecule has 0 aromatic heterocycles. The van der Waals surface area contributed by atoms with E-state index in [4.69, 9.17) is 4.74 Å². The van der Waals surface area contributed by atoms with Crippen molar-refractivity contribution >= 4 is 12.1 Å². The zero-order valence-corrected chi connectivity index (χ0v) is 17.7. The molecule has 3 aliphatic rings. The van der Waals surface area contributed by atoms with Crippen molar-refractivity contribution in [1.29, 1.82) is 0 Å². The summed E-state index contributed by atoms with van der Waals surface area (Å²) in [5, 5.41) is 9.39. The lowest BCUT2D eigenvalue weighted by Crippen LogP contribution is -2.55. The first kappa shape index (κ1) is 20.8. The van der Waals surface area contributed by atoms with Gasteiger partial charge >= 0.3 is 12.1 Å². The van der Waals surface area contributed by atoms with E-state index >= 15 is 0 Å². The molecule has 0 aliphatic carbocycles. The zero-order valence-electron chi connectivity index (χ0n) is 17.7. The maximum Gasteiger partial charge on any atom is 0.407 e. The molecule has 3 aliphatic heterocycles. The van der Waals surface area contributed by atoms with Crippen LogP contribution in [0.15, 0.2) is 48.5 Å². The minimum absolute atomic E-state index is 0.0956. The van der Waals surface area contributed by atoms with Gasteiger partial charge in [-0.2, -0.15) is 0 Å². The summed E-state index contributed by atoms with van der Waals surface area (Å²) in [6.45, 7) is 2.40. The topological polar surface area (TPSA) is 73.3 Å². The fourth-order valence-electron chi connectivity index (χ4n) is 5.22.